The molecule has 0 unspecified atom stereocenters. The molecule has 0 radical (unpaired) electrons. The Kier molecular flexibility index (Phi) is 8.03. The zero-order valence-electron chi connectivity index (χ0n) is 21.0. The van der Waals surface area contributed by atoms with E-state index in [-0.39, 0.29) is 23.2 Å². The maximum atomic E-state index is 12.4. The van der Waals surface area contributed by atoms with Gasteiger partial charge in [-0.05, 0) is 64.3 Å². The Hall–Kier alpha value is -2.76. The number of aryl methyl sites for hydroxylation is 1. The van der Waals surface area contributed by atoms with Crippen LogP contribution < -0.4 is 5.43 Å². The van der Waals surface area contributed by atoms with Gasteiger partial charge in [-0.25, -0.2) is 5.43 Å². The van der Waals surface area contributed by atoms with Crippen LogP contribution in [0.3, 0.4) is 0 Å². The number of hydrogen-bond donors (Lipinski definition) is 2. The molecule has 2 N–H and O–H groups in total. The lowest BCUT2D eigenvalue weighted by Gasteiger charge is -2.28. The summed E-state index contributed by atoms with van der Waals surface area (Å²) in [5, 5.41) is 16.0. The van der Waals surface area contributed by atoms with Crippen LogP contribution in [0.5, 0.6) is 5.75 Å². The van der Waals surface area contributed by atoms with E-state index in [1.165, 1.54) is 6.21 Å². The molecule has 186 valence electrons. The highest BCUT2D eigenvalue weighted by Gasteiger charge is 2.26. The van der Waals surface area contributed by atoms with E-state index in [0.717, 1.165) is 16.7 Å². The standard InChI is InChI=1S/C28H32Cl2N2O3/c1-27(2,3)21-13-17(14-22(26(21)34)28(4,5)6)7-12-25(33)32-31-16-19-9-11-24(35-19)20-15-18(29)8-10-23(20)30/h8-11,13-16,34H,7,12H2,1-6H3,(H,32,33)/b31-16-. The lowest BCUT2D eigenvalue weighted by molar-refractivity contribution is -0.121. The molecule has 7 heteroatoms. The van der Waals surface area contributed by atoms with Gasteiger partial charge in [-0.1, -0.05) is 76.9 Å². The molecule has 1 aromatic heterocycles. The van der Waals surface area contributed by atoms with Crippen LogP contribution >= 0.6 is 23.2 Å². The van der Waals surface area contributed by atoms with Gasteiger partial charge in [0.05, 0.1) is 11.2 Å². The molecule has 3 aromatic rings. The zero-order valence-corrected chi connectivity index (χ0v) is 22.5. The molecule has 0 aliphatic rings. The van der Waals surface area contributed by atoms with Crippen molar-refractivity contribution in [2.24, 2.45) is 5.10 Å². The summed E-state index contributed by atoms with van der Waals surface area (Å²) in [6, 6.07) is 12.6. The fourth-order valence-electron chi connectivity index (χ4n) is 3.72. The molecule has 0 spiro atoms. The van der Waals surface area contributed by atoms with E-state index >= 15 is 0 Å². The van der Waals surface area contributed by atoms with E-state index in [2.05, 4.69) is 52.1 Å². The van der Waals surface area contributed by atoms with Gasteiger partial charge in [0.1, 0.15) is 17.3 Å². The minimum Gasteiger partial charge on any atom is -0.507 e. The number of carbonyl (C=O) groups excluding carboxylic acids is 1. The molecular weight excluding hydrogens is 483 g/mol. The number of nitrogens with zero attached hydrogens (tertiary/aromatic N) is 1. The number of nitrogens with one attached hydrogen (secondary N) is 1. The molecule has 5 nitrogen and oxygen atoms in total. The third-order valence-electron chi connectivity index (χ3n) is 5.63. The SMILES string of the molecule is CC(C)(C)c1cc(CCC(=O)N/N=C\c2ccc(-c3cc(Cl)ccc3Cl)o2)cc(C(C)(C)C)c1O. The van der Waals surface area contributed by atoms with E-state index in [4.69, 9.17) is 27.6 Å². The molecule has 0 saturated carbocycles. The number of aromatic hydroxyl groups is 1. The number of hydrazone groups is 1. The van der Waals surface area contributed by atoms with Crippen molar-refractivity contribution in [3.63, 3.8) is 0 Å². The largest absolute Gasteiger partial charge is 0.507 e. The van der Waals surface area contributed by atoms with Crippen molar-refractivity contribution in [3.05, 3.63) is 75.0 Å². The van der Waals surface area contributed by atoms with E-state index in [1.54, 1.807) is 30.3 Å². The van der Waals surface area contributed by atoms with Crippen LogP contribution in [0.25, 0.3) is 11.3 Å². The Morgan fingerprint density at radius 3 is 2.23 bits per heavy atom. The second kappa shape index (κ2) is 10.5. The number of benzene rings is 2. The summed E-state index contributed by atoms with van der Waals surface area (Å²) in [5.41, 5.74) is 5.56. The number of furan rings is 1. The fraction of sp³-hybridized carbons (Fsp3) is 0.357. The number of rotatable bonds is 6. The van der Waals surface area contributed by atoms with E-state index in [1.807, 2.05) is 12.1 Å². The summed E-state index contributed by atoms with van der Waals surface area (Å²) < 4.78 is 5.75. The minimum atomic E-state index is -0.218. The highest BCUT2D eigenvalue weighted by atomic mass is 35.5. The minimum absolute atomic E-state index is 0.214. The molecule has 0 atom stereocenters. The topological polar surface area (TPSA) is 74.8 Å². The first kappa shape index (κ1) is 26.8. The second-order valence-electron chi connectivity index (χ2n) is 10.7. The maximum Gasteiger partial charge on any atom is 0.240 e. The average molecular weight is 515 g/mol. The first-order chi connectivity index (χ1) is 16.3. The second-order valence-corrected chi connectivity index (χ2v) is 11.5. The summed E-state index contributed by atoms with van der Waals surface area (Å²) in [7, 11) is 0. The molecule has 0 fully saturated rings. The summed E-state index contributed by atoms with van der Waals surface area (Å²) >= 11 is 12.3. The van der Waals surface area contributed by atoms with Crippen molar-refractivity contribution in [3.8, 4) is 17.1 Å². The molecule has 0 saturated heterocycles. The quantitative estimate of drug-likeness (QED) is 0.262. The Morgan fingerprint density at radius 2 is 1.63 bits per heavy atom. The Balaban J connectivity index is 1.65. The molecule has 1 heterocycles. The summed E-state index contributed by atoms with van der Waals surface area (Å²) in [5.74, 6) is 1.15. The number of amides is 1. The average Bonchev–Trinajstić information content (AvgIpc) is 3.21. The summed E-state index contributed by atoms with van der Waals surface area (Å²) in [6.07, 6.45) is 2.23. The molecule has 0 aliphatic carbocycles. The molecule has 0 aliphatic heterocycles. The van der Waals surface area contributed by atoms with Crippen molar-refractivity contribution in [2.45, 2.75) is 65.2 Å². The number of halogens is 2. The van der Waals surface area contributed by atoms with Crippen LogP contribution in [0.1, 0.15) is 70.4 Å². The van der Waals surface area contributed by atoms with Crippen molar-refractivity contribution in [1.29, 1.82) is 0 Å². The first-order valence-corrected chi connectivity index (χ1v) is 12.3. The summed E-state index contributed by atoms with van der Waals surface area (Å²) in [4.78, 5) is 12.4. The zero-order chi connectivity index (χ0) is 26.0. The molecule has 2 aromatic carbocycles. The Bertz CT molecular complexity index is 1210. The molecule has 0 bridgehead atoms. The third kappa shape index (κ3) is 6.89. The van der Waals surface area contributed by atoms with Gasteiger partial charge in [0.15, 0.2) is 0 Å². The fourth-order valence-corrected chi connectivity index (χ4v) is 4.10. The third-order valence-corrected chi connectivity index (χ3v) is 6.19. The normalized spacial score (nSPS) is 12.3. The van der Waals surface area contributed by atoms with Crippen LogP contribution in [0.4, 0.5) is 0 Å². The van der Waals surface area contributed by atoms with Gasteiger partial charge in [-0.15, -0.1) is 0 Å². The first-order valence-electron chi connectivity index (χ1n) is 11.5. The van der Waals surface area contributed by atoms with Crippen molar-refractivity contribution < 1.29 is 14.3 Å². The Labute approximate surface area is 217 Å². The predicted octanol–water partition coefficient (Wildman–Crippen LogP) is 7.64. The van der Waals surface area contributed by atoms with Gasteiger partial charge >= 0.3 is 0 Å². The molecule has 3 rings (SSSR count). The van der Waals surface area contributed by atoms with Crippen molar-refractivity contribution in [2.75, 3.05) is 0 Å². The van der Waals surface area contributed by atoms with Crippen LogP contribution in [-0.4, -0.2) is 17.2 Å². The monoisotopic (exact) mass is 514 g/mol. The van der Waals surface area contributed by atoms with E-state index in [9.17, 15) is 9.90 Å². The van der Waals surface area contributed by atoms with Gasteiger partial charge in [0, 0.05) is 17.0 Å². The predicted molar refractivity (Wildman–Crippen MR) is 144 cm³/mol. The lowest BCUT2D eigenvalue weighted by Crippen LogP contribution is -2.20. The number of carbonyl (C=O) groups is 1. The van der Waals surface area contributed by atoms with Gasteiger partial charge in [0.25, 0.3) is 0 Å². The highest BCUT2D eigenvalue weighted by Crippen LogP contribution is 2.40. The highest BCUT2D eigenvalue weighted by molar-refractivity contribution is 6.35. The molecule has 35 heavy (non-hydrogen) atoms. The summed E-state index contributed by atoms with van der Waals surface area (Å²) in [6.45, 7) is 12.4. The number of phenols is 1. The van der Waals surface area contributed by atoms with Crippen molar-refractivity contribution >= 4 is 35.3 Å². The number of phenolic OH excluding ortho intramolecular Hbond substituents is 1. The van der Waals surface area contributed by atoms with Crippen LogP contribution in [0.2, 0.25) is 10.0 Å². The maximum absolute atomic E-state index is 12.4. The lowest BCUT2D eigenvalue weighted by atomic mass is 9.78. The van der Waals surface area contributed by atoms with Gasteiger partial charge in [-0.3, -0.25) is 4.79 Å². The van der Waals surface area contributed by atoms with Gasteiger partial charge in [-0.2, -0.15) is 5.10 Å². The van der Waals surface area contributed by atoms with Crippen molar-refractivity contribution in [1.82, 2.24) is 5.43 Å². The van der Waals surface area contributed by atoms with E-state index in [0.29, 0.717) is 39.3 Å². The van der Waals surface area contributed by atoms with Gasteiger partial charge < -0.3 is 9.52 Å². The smallest absolute Gasteiger partial charge is 0.240 e. The number of hydrogen-bond acceptors (Lipinski definition) is 4. The molecule has 1 amide bonds. The van der Waals surface area contributed by atoms with Crippen LogP contribution in [0.15, 0.2) is 52.0 Å². The van der Waals surface area contributed by atoms with Crippen LogP contribution in [0, 0.1) is 0 Å². The van der Waals surface area contributed by atoms with Gasteiger partial charge in [0.2, 0.25) is 5.91 Å². The van der Waals surface area contributed by atoms with Crippen LogP contribution in [-0.2, 0) is 22.0 Å². The van der Waals surface area contributed by atoms with E-state index < -0.39 is 0 Å². The Morgan fingerprint density at radius 1 is 1.00 bits per heavy atom. The molecular formula is C28H32Cl2N2O3.